The first kappa shape index (κ1) is 23.1. The average Bonchev–Trinajstić information content (AvgIpc) is 1.37. The Kier molecular flexibility index (Phi) is 81.0. The van der Waals surface area contributed by atoms with Crippen LogP contribution in [0.4, 0.5) is 0 Å². The Bertz CT molecular complexity index is 14.9. The molecule has 0 amide bonds. The van der Waals surface area contributed by atoms with Gasteiger partial charge in [-0.1, -0.05) is 6.55 Å². The Balaban J connectivity index is -0.0000000150. The van der Waals surface area contributed by atoms with Crippen LogP contribution in [0, 0.1) is 0 Å². The monoisotopic (exact) mass is 254 g/mol. The molecule has 0 saturated heterocycles. The van der Waals surface area contributed by atoms with Crippen LogP contribution in [0.25, 0.3) is 0 Å². The molecule has 0 radical (unpaired) electrons. The largest absolute Gasteiger partial charge is 2.00 e. The van der Waals surface area contributed by atoms with Gasteiger partial charge in [0, 0.05) is 15.0 Å². The summed E-state index contributed by atoms with van der Waals surface area (Å²) in [7, 11) is 0.190. The van der Waals surface area contributed by atoms with Crippen molar-refractivity contribution in [2.45, 2.75) is 6.55 Å². The molecule has 44 valence electrons. The maximum absolute atomic E-state index is 5.25. The van der Waals surface area contributed by atoms with Gasteiger partial charge in [-0.15, -0.1) is 11.6 Å². The van der Waals surface area contributed by atoms with E-state index >= 15 is 0 Å². The molecule has 0 nitrogen and oxygen atoms in total. The number of halogens is 3. The molecule has 0 N–H and O–H groups in total. The van der Waals surface area contributed by atoms with E-state index in [4.69, 9.17) is 11.6 Å². The molecule has 0 saturated carbocycles. The van der Waals surface area contributed by atoms with Crippen molar-refractivity contribution >= 4 is 21.1 Å². The van der Waals surface area contributed by atoms with Gasteiger partial charge in [0.2, 0.25) is 0 Å². The average molecular weight is 257 g/mol. The van der Waals surface area contributed by atoms with E-state index in [0.29, 0.717) is 0 Å². The Labute approximate surface area is 83.5 Å². The maximum atomic E-state index is 5.25. The smallest absolute Gasteiger partial charge is 1.00 e. The normalized spacial score (nSPS) is 6.00. The molecule has 0 rings (SSSR count). The fourth-order valence-electron chi connectivity index (χ4n) is 0. The van der Waals surface area contributed by atoms with E-state index in [9.17, 15) is 0 Å². The Morgan fingerprint density at radius 2 is 1.57 bits per heavy atom. The molecule has 0 atom stereocenters. The van der Waals surface area contributed by atoms with Crippen molar-refractivity contribution in [1.82, 2.24) is 0 Å². The van der Waals surface area contributed by atoms with Crippen molar-refractivity contribution in [3.8, 4) is 0 Å². The van der Waals surface area contributed by atoms with Crippen LogP contribution in [0.15, 0.2) is 0 Å². The molecule has 0 fully saturated rings. The summed E-state index contributed by atoms with van der Waals surface area (Å²) in [5.74, 6) is 0. The Morgan fingerprint density at radius 3 is 1.57 bits per heavy atom. The maximum Gasteiger partial charge on any atom is 2.00 e. The molecule has 0 aliphatic rings. The predicted octanol–water partition coefficient (Wildman–Crippen LogP) is -5.59. The van der Waals surface area contributed by atoms with Gasteiger partial charge in [-0.25, -0.2) is 0 Å². The number of alkyl halides is 1. The van der Waals surface area contributed by atoms with Gasteiger partial charge in [0.25, 0.3) is 0 Å². The van der Waals surface area contributed by atoms with Crippen molar-refractivity contribution in [1.29, 1.82) is 0 Å². The van der Waals surface area contributed by atoms with Crippen LogP contribution in [-0.2, 0) is 26.2 Å². The molecule has 0 aromatic heterocycles. The minimum Gasteiger partial charge on any atom is -1.00 e. The Hall–Kier alpha value is 1.97. The summed E-state index contributed by atoms with van der Waals surface area (Å²) in [6, 6.07) is 0. The van der Waals surface area contributed by atoms with Crippen LogP contribution in [0.3, 0.4) is 0 Å². The van der Waals surface area contributed by atoms with E-state index in [1.165, 1.54) is 0 Å². The SMILES string of the molecule is C[SiH2]CCl.[Cl-].[Cl-].[Zr+2]. The summed E-state index contributed by atoms with van der Waals surface area (Å²) in [4.78, 5) is 0. The first-order chi connectivity index (χ1) is 1.91. The number of hydrogen-bond donors (Lipinski definition) is 0. The molecular formula is C2H7Cl3SiZr. The van der Waals surface area contributed by atoms with Crippen molar-refractivity contribution in [3.63, 3.8) is 0 Å². The predicted molar refractivity (Wildman–Crippen MR) is 25.1 cm³/mol. The summed E-state index contributed by atoms with van der Waals surface area (Å²) in [6.07, 6.45) is 0. The molecule has 0 unspecified atom stereocenters. The third-order valence-corrected chi connectivity index (χ3v) is 1.70. The van der Waals surface area contributed by atoms with Crippen molar-refractivity contribution in [2.75, 3.05) is 5.50 Å². The fourth-order valence-corrected chi connectivity index (χ4v) is 0. The molecule has 0 aromatic rings. The molecule has 7 heavy (non-hydrogen) atoms. The quantitative estimate of drug-likeness (QED) is 0.324. The van der Waals surface area contributed by atoms with Crippen LogP contribution in [0.5, 0.6) is 0 Å². The molecular weight excluding hydrogens is 250 g/mol. The zero-order chi connectivity index (χ0) is 3.41. The summed E-state index contributed by atoms with van der Waals surface area (Å²) >= 11 is 5.25. The van der Waals surface area contributed by atoms with Crippen molar-refractivity contribution < 1.29 is 51.0 Å². The molecule has 0 spiro atoms. The molecule has 0 heterocycles. The summed E-state index contributed by atoms with van der Waals surface area (Å²) in [5.41, 5.74) is 0.931. The molecule has 0 aliphatic heterocycles. The van der Waals surface area contributed by atoms with E-state index in [1.54, 1.807) is 0 Å². The third kappa shape index (κ3) is 32.2. The number of rotatable bonds is 1. The zero-order valence-corrected chi connectivity index (χ0v) is 10.2. The van der Waals surface area contributed by atoms with Crippen molar-refractivity contribution in [2.24, 2.45) is 0 Å². The van der Waals surface area contributed by atoms with Gasteiger partial charge < -0.3 is 24.8 Å². The van der Waals surface area contributed by atoms with Gasteiger partial charge in [-0.05, 0) is 0 Å². The first-order valence-electron chi connectivity index (χ1n) is 1.47. The summed E-state index contributed by atoms with van der Waals surface area (Å²) < 4.78 is 0. The molecule has 5 heteroatoms. The van der Waals surface area contributed by atoms with Gasteiger partial charge in [-0.3, -0.25) is 0 Å². The second-order valence-corrected chi connectivity index (χ2v) is 3.20. The molecule has 0 bridgehead atoms. The number of hydrogen-bond acceptors (Lipinski definition) is 0. The van der Waals surface area contributed by atoms with Crippen LogP contribution in [0.1, 0.15) is 0 Å². The van der Waals surface area contributed by atoms with Gasteiger partial charge in [0.1, 0.15) is 0 Å². The van der Waals surface area contributed by atoms with E-state index in [2.05, 4.69) is 6.55 Å². The van der Waals surface area contributed by atoms with E-state index < -0.39 is 0 Å². The van der Waals surface area contributed by atoms with Crippen LogP contribution >= 0.6 is 11.6 Å². The van der Waals surface area contributed by atoms with E-state index in [-0.39, 0.29) is 60.5 Å². The van der Waals surface area contributed by atoms with Crippen LogP contribution in [-0.4, -0.2) is 15.0 Å². The second-order valence-electron chi connectivity index (χ2n) is 0.689. The van der Waals surface area contributed by atoms with Gasteiger partial charge in [0.05, 0.1) is 0 Å². The van der Waals surface area contributed by atoms with E-state index in [1.807, 2.05) is 0 Å². The second kappa shape index (κ2) is 24.6. The first-order valence-corrected chi connectivity index (χ1v) is 4.42. The van der Waals surface area contributed by atoms with Gasteiger partial charge >= 0.3 is 26.2 Å². The summed E-state index contributed by atoms with van der Waals surface area (Å²) in [5, 5.41) is 0. The van der Waals surface area contributed by atoms with Gasteiger partial charge in [-0.2, -0.15) is 0 Å². The van der Waals surface area contributed by atoms with Crippen molar-refractivity contribution in [3.05, 3.63) is 0 Å². The Morgan fingerprint density at radius 1 is 1.43 bits per heavy atom. The zero-order valence-electron chi connectivity index (χ0n) is 4.05. The fraction of sp³-hybridized carbons (Fsp3) is 1.00. The third-order valence-electron chi connectivity index (χ3n) is 0.189. The minimum absolute atomic E-state index is 0. The topological polar surface area (TPSA) is 0 Å². The van der Waals surface area contributed by atoms with Gasteiger partial charge in [0.15, 0.2) is 0 Å². The van der Waals surface area contributed by atoms with E-state index in [0.717, 1.165) is 5.50 Å². The molecule has 0 aliphatic carbocycles. The minimum atomic E-state index is 0. The summed E-state index contributed by atoms with van der Waals surface area (Å²) in [6.45, 7) is 2.19. The van der Waals surface area contributed by atoms with Crippen LogP contribution in [0.2, 0.25) is 6.55 Å². The molecule has 0 aromatic carbocycles. The standard InChI is InChI=1S/C2H7ClSi.2ClH.Zr/c1-4-2-3;;;/h2,4H2,1H3;2*1H;/q;;;+2/p-2. The van der Waals surface area contributed by atoms with Crippen LogP contribution < -0.4 is 24.8 Å².